The lowest BCUT2D eigenvalue weighted by atomic mass is 10.2. The maximum absolute atomic E-state index is 11.5. The molecule has 0 radical (unpaired) electrons. The van der Waals surface area contributed by atoms with Gasteiger partial charge in [0.25, 0.3) is 5.91 Å². The first kappa shape index (κ1) is 16.2. The number of carbonyl (C=O) groups is 1. The highest BCUT2D eigenvalue weighted by atomic mass is 16.5. The number of aryl methyl sites for hydroxylation is 1. The number of nitrogen functional groups attached to an aromatic ring is 1. The molecule has 7 heteroatoms. The number of rotatable bonds is 8. The average Bonchev–Trinajstić information content (AvgIpc) is 2.81. The molecule has 1 aromatic rings. The monoisotopic (exact) mass is 280 g/mol. The first-order valence-corrected chi connectivity index (χ1v) is 6.30. The van der Waals surface area contributed by atoms with E-state index in [0.717, 1.165) is 0 Å². The Kier molecular flexibility index (Phi) is 6.73. The van der Waals surface area contributed by atoms with Crippen molar-refractivity contribution in [3.8, 4) is 6.07 Å². The molecule has 0 aromatic carbocycles. The Balaban J connectivity index is 2.72. The van der Waals surface area contributed by atoms with Crippen LogP contribution in [0.2, 0.25) is 0 Å². The Morgan fingerprint density at radius 1 is 1.60 bits per heavy atom. The molecule has 7 nitrogen and oxygen atoms in total. The van der Waals surface area contributed by atoms with E-state index in [1.165, 1.54) is 0 Å². The fourth-order valence-corrected chi connectivity index (χ4v) is 1.84. The molecular weight excluding hydrogens is 260 g/mol. The Morgan fingerprint density at radius 3 is 2.95 bits per heavy atom. The zero-order valence-corrected chi connectivity index (χ0v) is 11.8. The number of hydrazine groups is 1. The Morgan fingerprint density at radius 2 is 2.35 bits per heavy atom. The molecule has 0 aliphatic rings. The molecule has 0 saturated carbocycles. The number of methoxy groups -OCH3 is 1. The van der Waals surface area contributed by atoms with Crippen molar-refractivity contribution in [2.75, 3.05) is 26.8 Å². The first-order chi connectivity index (χ1) is 9.62. The van der Waals surface area contributed by atoms with Crippen molar-refractivity contribution in [3.63, 3.8) is 0 Å². The van der Waals surface area contributed by atoms with E-state index >= 15 is 0 Å². The van der Waals surface area contributed by atoms with Crippen molar-refractivity contribution in [1.82, 2.24) is 10.3 Å². The third-order valence-corrected chi connectivity index (χ3v) is 2.88. The molecule has 1 heterocycles. The number of nitriles is 1. The summed E-state index contributed by atoms with van der Waals surface area (Å²) in [6, 6.07) is 3.78. The maximum atomic E-state index is 11.5. The second-order valence-electron chi connectivity index (χ2n) is 4.33. The highest BCUT2D eigenvalue weighted by Gasteiger charge is 2.16. The van der Waals surface area contributed by atoms with E-state index in [0.29, 0.717) is 49.7 Å². The van der Waals surface area contributed by atoms with Crippen LogP contribution in [0.4, 0.5) is 0 Å². The number of hydrogen-bond acceptors (Lipinski definition) is 6. The SMILES string of the molecule is COCCN(CCC#N)Cc1cc(C(=O)NN)c(C)o1. The fourth-order valence-electron chi connectivity index (χ4n) is 1.84. The minimum Gasteiger partial charge on any atom is -0.464 e. The summed E-state index contributed by atoms with van der Waals surface area (Å²) in [4.78, 5) is 13.5. The highest BCUT2D eigenvalue weighted by Crippen LogP contribution is 2.16. The van der Waals surface area contributed by atoms with E-state index in [9.17, 15) is 4.79 Å². The van der Waals surface area contributed by atoms with Crippen LogP contribution in [-0.2, 0) is 11.3 Å². The summed E-state index contributed by atoms with van der Waals surface area (Å²) in [7, 11) is 1.63. The number of carbonyl (C=O) groups excluding carboxylic acids is 1. The van der Waals surface area contributed by atoms with Crippen LogP contribution in [0.15, 0.2) is 10.5 Å². The Bertz CT molecular complexity index is 478. The predicted octanol–water partition coefficient (Wildman–Crippen LogP) is 0.554. The molecule has 1 amide bonds. The van der Waals surface area contributed by atoms with Gasteiger partial charge in [-0.1, -0.05) is 0 Å². The molecule has 0 unspecified atom stereocenters. The summed E-state index contributed by atoms with van der Waals surface area (Å²) in [6.07, 6.45) is 0.430. The van der Waals surface area contributed by atoms with Crippen LogP contribution in [0.3, 0.4) is 0 Å². The second-order valence-corrected chi connectivity index (χ2v) is 4.33. The number of nitrogens with zero attached hydrogens (tertiary/aromatic N) is 2. The van der Waals surface area contributed by atoms with E-state index < -0.39 is 0 Å². The van der Waals surface area contributed by atoms with E-state index in [1.807, 2.05) is 4.90 Å². The smallest absolute Gasteiger partial charge is 0.268 e. The molecule has 0 bridgehead atoms. The van der Waals surface area contributed by atoms with Gasteiger partial charge >= 0.3 is 0 Å². The van der Waals surface area contributed by atoms with Gasteiger partial charge in [0.2, 0.25) is 0 Å². The van der Waals surface area contributed by atoms with Crippen molar-refractivity contribution >= 4 is 5.91 Å². The molecule has 0 aliphatic heterocycles. The van der Waals surface area contributed by atoms with Gasteiger partial charge in [-0.25, -0.2) is 5.84 Å². The van der Waals surface area contributed by atoms with Crippen molar-refractivity contribution in [2.45, 2.75) is 19.9 Å². The van der Waals surface area contributed by atoms with E-state index in [-0.39, 0.29) is 5.91 Å². The quantitative estimate of drug-likeness (QED) is 0.409. The molecule has 1 rings (SSSR count). The van der Waals surface area contributed by atoms with Crippen LogP contribution < -0.4 is 11.3 Å². The molecule has 3 N–H and O–H groups in total. The summed E-state index contributed by atoms with van der Waals surface area (Å²) in [5, 5.41) is 8.66. The topological polar surface area (TPSA) is 105 Å². The minimum atomic E-state index is -0.377. The van der Waals surface area contributed by atoms with Crippen molar-refractivity contribution in [3.05, 3.63) is 23.2 Å². The third-order valence-electron chi connectivity index (χ3n) is 2.88. The summed E-state index contributed by atoms with van der Waals surface area (Å²) >= 11 is 0. The van der Waals surface area contributed by atoms with Crippen LogP contribution in [0.5, 0.6) is 0 Å². The molecule has 0 fully saturated rings. The van der Waals surface area contributed by atoms with Crippen LogP contribution in [0.25, 0.3) is 0 Å². The van der Waals surface area contributed by atoms with E-state index in [4.69, 9.17) is 20.3 Å². The molecule has 1 aromatic heterocycles. The van der Waals surface area contributed by atoms with Crippen molar-refractivity contribution < 1.29 is 13.9 Å². The highest BCUT2D eigenvalue weighted by molar-refractivity contribution is 5.94. The predicted molar refractivity (Wildman–Crippen MR) is 72.5 cm³/mol. The molecular formula is C13H20N4O3. The van der Waals surface area contributed by atoms with Gasteiger partial charge in [-0.05, 0) is 13.0 Å². The molecule has 0 saturated heterocycles. The summed E-state index contributed by atoms with van der Waals surface area (Å²) in [6.45, 7) is 4.11. The zero-order valence-electron chi connectivity index (χ0n) is 11.8. The van der Waals surface area contributed by atoms with Gasteiger partial charge < -0.3 is 9.15 Å². The Labute approximate surface area is 118 Å². The average molecular weight is 280 g/mol. The van der Waals surface area contributed by atoms with Crippen LogP contribution >= 0.6 is 0 Å². The van der Waals surface area contributed by atoms with Gasteiger partial charge in [0.15, 0.2) is 0 Å². The lowest BCUT2D eigenvalue weighted by Gasteiger charge is -2.19. The van der Waals surface area contributed by atoms with Gasteiger partial charge in [0, 0.05) is 26.6 Å². The van der Waals surface area contributed by atoms with E-state index in [1.54, 1.807) is 20.1 Å². The maximum Gasteiger partial charge on any atom is 0.268 e. The lowest BCUT2D eigenvalue weighted by Crippen LogP contribution is -2.30. The van der Waals surface area contributed by atoms with Gasteiger partial charge in [-0.3, -0.25) is 15.1 Å². The zero-order chi connectivity index (χ0) is 15.0. The van der Waals surface area contributed by atoms with Gasteiger partial charge in [0.1, 0.15) is 11.5 Å². The van der Waals surface area contributed by atoms with Gasteiger partial charge in [0.05, 0.1) is 24.8 Å². The van der Waals surface area contributed by atoms with Gasteiger partial charge in [-0.15, -0.1) is 0 Å². The molecule has 0 aliphatic carbocycles. The largest absolute Gasteiger partial charge is 0.464 e. The number of nitrogens with one attached hydrogen (secondary N) is 1. The first-order valence-electron chi connectivity index (χ1n) is 6.30. The van der Waals surface area contributed by atoms with Crippen LogP contribution in [-0.4, -0.2) is 37.6 Å². The number of ether oxygens (including phenoxy) is 1. The van der Waals surface area contributed by atoms with Gasteiger partial charge in [-0.2, -0.15) is 5.26 Å². The Hall–Kier alpha value is -1.88. The van der Waals surface area contributed by atoms with Crippen LogP contribution in [0.1, 0.15) is 28.3 Å². The molecule has 0 atom stereocenters. The van der Waals surface area contributed by atoms with Crippen molar-refractivity contribution in [2.24, 2.45) is 5.84 Å². The number of nitrogens with two attached hydrogens (primary N) is 1. The fraction of sp³-hybridized carbons (Fsp3) is 0.538. The summed E-state index contributed by atoms with van der Waals surface area (Å²) in [5.41, 5.74) is 2.51. The van der Waals surface area contributed by atoms with E-state index in [2.05, 4.69) is 11.5 Å². The number of hydrogen-bond donors (Lipinski definition) is 2. The second kappa shape index (κ2) is 8.32. The summed E-state index contributed by atoms with van der Waals surface area (Å²) in [5.74, 6) is 5.92. The normalized spacial score (nSPS) is 10.6. The minimum absolute atomic E-state index is 0.377. The lowest BCUT2D eigenvalue weighted by molar-refractivity contribution is 0.0952. The number of amides is 1. The molecule has 110 valence electrons. The third kappa shape index (κ3) is 4.66. The van der Waals surface area contributed by atoms with Crippen LogP contribution in [0, 0.1) is 18.3 Å². The van der Waals surface area contributed by atoms with Crippen molar-refractivity contribution in [1.29, 1.82) is 5.26 Å². The standard InChI is InChI=1S/C13H20N4O3/c1-10-12(13(18)16-15)8-11(20-10)9-17(5-3-4-14)6-7-19-2/h8H,3,5-7,9,15H2,1-2H3,(H,16,18). The number of furan rings is 1. The molecule has 0 spiro atoms. The summed E-state index contributed by atoms with van der Waals surface area (Å²) < 4.78 is 10.6. The molecule has 20 heavy (non-hydrogen) atoms.